The summed E-state index contributed by atoms with van der Waals surface area (Å²) in [6, 6.07) is 0. The van der Waals surface area contributed by atoms with Gasteiger partial charge in [-0.25, -0.2) is 0 Å². The SMILES string of the molecule is C#CC(=O)NCCCC=O. The molecule has 0 heterocycles. The molecule has 0 radical (unpaired) electrons. The average Bonchev–Trinajstić information content (AvgIpc) is 1.98. The monoisotopic (exact) mass is 139 g/mol. The summed E-state index contributed by atoms with van der Waals surface area (Å²) < 4.78 is 0. The summed E-state index contributed by atoms with van der Waals surface area (Å²) in [6.07, 6.45) is 6.68. The molecule has 0 atom stereocenters. The number of carbonyl (C=O) groups is 2. The van der Waals surface area contributed by atoms with Crippen molar-refractivity contribution in [2.75, 3.05) is 6.54 Å². The third-order valence-corrected chi connectivity index (χ3v) is 0.915. The van der Waals surface area contributed by atoms with Crippen molar-refractivity contribution in [3.8, 4) is 12.3 Å². The van der Waals surface area contributed by atoms with Crippen LogP contribution in [0.4, 0.5) is 0 Å². The van der Waals surface area contributed by atoms with Crippen molar-refractivity contribution in [3.63, 3.8) is 0 Å². The molecule has 1 N–H and O–H groups in total. The molecule has 0 aliphatic heterocycles. The molecule has 0 unspecified atom stereocenters. The van der Waals surface area contributed by atoms with Gasteiger partial charge in [-0.15, -0.1) is 6.42 Å². The van der Waals surface area contributed by atoms with Crippen molar-refractivity contribution in [2.45, 2.75) is 12.8 Å². The van der Waals surface area contributed by atoms with Crippen LogP contribution in [0, 0.1) is 12.3 Å². The van der Waals surface area contributed by atoms with Crippen LogP contribution in [0.25, 0.3) is 0 Å². The largest absolute Gasteiger partial charge is 0.345 e. The summed E-state index contributed by atoms with van der Waals surface area (Å²) in [5.41, 5.74) is 0. The number of amides is 1. The lowest BCUT2D eigenvalue weighted by Gasteiger charge is -1.95. The number of rotatable bonds is 4. The predicted molar refractivity (Wildman–Crippen MR) is 37.1 cm³/mol. The Labute approximate surface area is 59.8 Å². The molecule has 10 heavy (non-hydrogen) atoms. The second-order valence-corrected chi connectivity index (χ2v) is 1.71. The summed E-state index contributed by atoms with van der Waals surface area (Å²) in [5, 5.41) is 2.43. The molecule has 3 nitrogen and oxygen atoms in total. The van der Waals surface area contributed by atoms with E-state index in [1.165, 1.54) is 0 Å². The zero-order chi connectivity index (χ0) is 7.82. The third kappa shape index (κ3) is 4.85. The Hall–Kier alpha value is -1.30. The van der Waals surface area contributed by atoms with Crippen LogP contribution in [0.5, 0.6) is 0 Å². The van der Waals surface area contributed by atoms with Gasteiger partial charge in [0.1, 0.15) is 6.29 Å². The minimum atomic E-state index is -0.425. The second-order valence-electron chi connectivity index (χ2n) is 1.71. The van der Waals surface area contributed by atoms with Crippen molar-refractivity contribution in [1.82, 2.24) is 5.32 Å². The quantitative estimate of drug-likeness (QED) is 0.330. The fourth-order valence-corrected chi connectivity index (χ4v) is 0.438. The van der Waals surface area contributed by atoms with Gasteiger partial charge in [-0.2, -0.15) is 0 Å². The molecule has 0 aromatic carbocycles. The van der Waals surface area contributed by atoms with Gasteiger partial charge < -0.3 is 10.1 Å². The van der Waals surface area contributed by atoms with Crippen molar-refractivity contribution in [1.29, 1.82) is 0 Å². The number of carbonyl (C=O) groups excluding carboxylic acids is 2. The number of nitrogens with one attached hydrogen (secondary N) is 1. The molecular formula is C7H9NO2. The lowest BCUT2D eigenvalue weighted by Crippen LogP contribution is -2.22. The maximum absolute atomic E-state index is 10.3. The van der Waals surface area contributed by atoms with Gasteiger partial charge in [0, 0.05) is 13.0 Å². The van der Waals surface area contributed by atoms with E-state index in [0.717, 1.165) is 6.29 Å². The molecule has 0 aliphatic rings. The number of hydrogen-bond acceptors (Lipinski definition) is 2. The summed E-state index contributed by atoms with van der Waals surface area (Å²) in [5.74, 6) is 1.48. The molecule has 0 fully saturated rings. The van der Waals surface area contributed by atoms with E-state index in [-0.39, 0.29) is 0 Å². The van der Waals surface area contributed by atoms with Crippen molar-refractivity contribution in [3.05, 3.63) is 0 Å². The summed E-state index contributed by atoms with van der Waals surface area (Å²) in [4.78, 5) is 20.1. The Morgan fingerprint density at radius 1 is 1.70 bits per heavy atom. The summed E-state index contributed by atoms with van der Waals surface area (Å²) in [6.45, 7) is 0.474. The Bertz CT molecular complexity index is 157. The van der Waals surface area contributed by atoms with Crippen LogP contribution >= 0.6 is 0 Å². The first-order valence-corrected chi connectivity index (χ1v) is 2.99. The zero-order valence-corrected chi connectivity index (χ0v) is 5.59. The van der Waals surface area contributed by atoms with Crippen LogP contribution in [-0.2, 0) is 9.59 Å². The molecular weight excluding hydrogens is 130 g/mol. The maximum Gasteiger partial charge on any atom is 0.295 e. The van der Waals surface area contributed by atoms with E-state index in [0.29, 0.717) is 19.4 Å². The molecule has 0 aromatic rings. The highest BCUT2D eigenvalue weighted by Crippen LogP contribution is 1.79. The molecule has 1 amide bonds. The Balaban J connectivity index is 3.13. The smallest absolute Gasteiger partial charge is 0.295 e. The molecule has 0 aromatic heterocycles. The lowest BCUT2D eigenvalue weighted by atomic mass is 10.3. The standard InChI is InChI=1S/C7H9NO2/c1-2-7(10)8-5-3-4-6-9/h1,6H,3-5H2,(H,8,10). The van der Waals surface area contributed by atoms with Gasteiger partial charge in [0.2, 0.25) is 0 Å². The lowest BCUT2D eigenvalue weighted by molar-refractivity contribution is -0.116. The highest BCUT2D eigenvalue weighted by Gasteiger charge is 1.91. The van der Waals surface area contributed by atoms with E-state index in [9.17, 15) is 9.59 Å². The van der Waals surface area contributed by atoms with Crippen molar-refractivity contribution in [2.24, 2.45) is 0 Å². The van der Waals surface area contributed by atoms with Crippen molar-refractivity contribution >= 4 is 12.2 Å². The van der Waals surface area contributed by atoms with Crippen LogP contribution in [0.3, 0.4) is 0 Å². The minimum absolute atomic E-state index is 0.425. The molecule has 3 heteroatoms. The predicted octanol–water partition coefficient (Wildman–Crippen LogP) is -0.285. The van der Waals surface area contributed by atoms with E-state index in [2.05, 4.69) is 5.32 Å². The Morgan fingerprint density at radius 3 is 2.90 bits per heavy atom. The molecule has 0 aliphatic carbocycles. The molecule has 54 valence electrons. The normalized spacial score (nSPS) is 7.90. The van der Waals surface area contributed by atoms with Crippen LogP contribution < -0.4 is 5.32 Å². The zero-order valence-electron chi connectivity index (χ0n) is 5.59. The first kappa shape index (κ1) is 8.70. The Morgan fingerprint density at radius 2 is 2.40 bits per heavy atom. The molecule has 0 saturated heterocycles. The number of aldehydes is 1. The van der Waals surface area contributed by atoms with Crippen LogP contribution in [-0.4, -0.2) is 18.7 Å². The van der Waals surface area contributed by atoms with Gasteiger partial charge in [0.15, 0.2) is 0 Å². The molecule has 0 rings (SSSR count). The van der Waals surface area contributed by atoms with E-state index in [1.54, 1.807) is 0 Å². The fourth-order valence-electron chi connectivity index (χ4n) is 0.438. The average molecular weight is 139 g/mol. The summed E-state index contributed by atoms with van der Waals surface area (Å²) in [7, 11) is 0. The Kier molecular flexibility index (Phi) is 5.07. The molecule has 0 saturated carbocycles. The van der Waals surface area contributed by atoms with E-state index >= 15 is 0 Å². The van der Waals surface area contributed by atoms with Crippen LogP contribution in [0.2, 0.25) is 0 Å². The van der Waals surface area contributed by atoms with Gasteiger partial charge >= 0.3 is 0 Å². The number of terminal acetylenes is 1. The molecule has 0 bridgehead atoms. The maximum atomic E-state index is 10.3. The summed E-state index contributed by atoms with van der Waals surface area (Å²) >= 11 is 0. The highest BCUT2D eigenvalue weighted by molar-refractivity contribution is 5.92. The van der Waals surface area contributed by atoms with E-state index < -0.39 is 5.91 Å². The van der Waals surface area contributed by atoms with Crippen molar-refractivity contribution < 1.29 is 9.59 Å². The third-order valence-electron chi connectivity index (χ3n) is 0.915. The van der Waals surface area contributed by atoms with E-state index in [1.807, 2.05) is 5.92 Å². The van der Waals surface area contributed by atoms with E-state index in [4.69, 9.17) is 6.42 Å². The van der Waals surface area contributed by atoms with Crippen LogP contribution in [0.1, 0.15) is 12.8 Å². The topological polar surface area (TPSA) is 46.2 Å². The number of hydrogen-bond donors (Lipinski definition) is 1. The second kappa shape index (κ2) is 5.83. The minimum Gasteiger partial charge on any atom is -0.345 e. The first-order chi connectivity index (χ1) is 4.81. The first-order valence-electron chi connectivity index (χ1n) is 2.99. The molecule has 0 spiro atoms. The van der Waals surface area contributed by atoms with Crippen LogP contribution in [0.15, 0.2) is 0 Å². The number of unbranched alkanes of at least 4 members (excludes halogenated alkanes) is 1. The van der Waals surface area contributed by atoms with Gasteiger partial charge in [-0.3, -0.25) is 4.79 Å². The van der Waals surface area contributed by atoms with Gasteiger partial charge in [-0.05, 0) is 12.3 Å². The highest BCUT2D eigenvalue weighted by atomic mass is 16.1. The van der Waals surface area contributed by atoms with Gasteiger partial charge in [0.05, 0.1) is 0 Å². The fraction of sp³-hybridized carbons (Fsp3) is 0.429. The van der Waals surface area contributed by atoms with Gasteiger partial charge in [-0.1, -0.05) is 0 Å². The van der Waals surface area contributed by atoms with Gasteiger partial charge in [0.25, 0.3) is 5.91 Å².